The Hall–Kier alpha value is -3.79. The Morgan fingerprint density at radius 2 is 2.00 bits per heavy atom. The smallest absolute Gasteiger partial charge is 0.487 e. The summed E-state index contributed by atoms with van der Waals surface area (Å²) < 4.78 is 55.1. The van der Waals surface area contributed by atoms with Crippen LogP contribution in [0.5, 0.6) is 11.5 Å². The van der Waals surface area contributed by atoms with Crippen molar-refractivity contribution in [3.8, 4) is 11.5 Å². The number of likely N-dealkylation sites (N-methyl/N-ethyl adjacent to an activating group) is 1. The molecule has 1 saturated heterocycles. The number of benzene rings is 2. The van der Waals surface area contributed by atoms with Gasteiger partial charge in [0.05, 0.1) is 17.5 Å². The van der Waals surface area contributed by atoms with E-state index in [-0.39, 0.29) is 29.7 Å². The summed E-state index contributed by atoms with van der Waals surface area (Å²) in [6.07, 6.45) is 1.97. The number of alkyl halides is 3. The van der Waals surface area contributed by atoms with Crippen LogP contribution in [-0.4, -0.2) is 72.0 Å². The van der Waals surface area contributed by atoms with Gasteiger partial charge in [-0.15, -0.1) is 19.8 Å². The van der Waals surface area contributed by atoms with E-state index in [4.69, 9.17) is 9.47 Å². The van der Waals surface area contributed by atoms with E-state index in [1.807, 2.05) is 18.2 Å². The summed E-state index contributed by atoms with van der Waals surface area (Å²) in [5.74, 6) is -0.237. The number of halogens is 3. The molecule has 2 fully saturated rings. The molecule has 2 aromatic rings. The van der Waals surface area contributed by atoms with Crippen LogP contribution in [-0.2, 0) is 26.2 Å². The van der Waals surface area contributed by atoms with Gasteiger partial charge in [-0.05, 0) is 61.1 Å². The molecule has 1 amide bonds. The Bertz CT molecular complexity index is 1460. The molecule has 2 aliphatic heterocycles. The molecule has 2 aromatic carbocycles. The molecular weight excluding hydrogens is 549 g/mol. The third kappa shape index (κ3) is 4.38. The molecule has 4 aliphatic rings. The largest absolute Gasteiger partial charge is 0.573 e. The molecule has 0 N–H and O–H groups in total. The maximum atomic E-state index is 13.5. The molecule has 222 valence electrons. The number of hydrogen-bond donors (Lipinski definition) is 0. The monoisotopic (exact) mass is 582 g/mol. The van der Waals surface area contributed by atoms with E-state index in [1.54, 1.807) is 18.0 Å². The van der Waals surface area contributed by atoms with E-state index in [2.05, 4.69) is 22.3 Å². The number of hydrogen-bond acceptors (Lipinski definition) is 6. The Morgan fingerprint density at radius 1 is 1.21 bits per heavy atom. The van der Waals surface area contributed by atoms with E-state index in [0.717, 1.165) is 24.3 Å². The first-order chi connectivity index (χ1) is 20.0. The zero-order valence-corrected chi connectivity index (χ0v) is 23.5. The van der Waals surface area contributed by atoms with Crippen LogP contribution in [0.1, 0.15) is 42.9 Å². The van der Waals surface area contributed by atoms with Crippen molar-refractivity contribution in [2.24, 2.45) is 0 Å². The highest BCUT2D eigenvalue weighted by Gasteiger charge is 2.75. The molecule has 42 heavy (non-hydrogen) atoms. The highest BCUT2D eigenvalue weighted by molar-refractivity contribution is 5.92. The summed E-state index contributed by atoms with van der Waals surface area (Å²) in [6, 6.07) is 11.1. The van der Waals surface area contributed by atoms with Gasteiger partial charge in [0.15, 0.2) is 0 Å². The molecule has 2 heterocycles. The number of nitrogens with zero attached hydrogens (tertiary/aromatic N) is 2. The summed E-state index contributed by atoms with van der Waals surface area (Å²) in [5, 5.41) is 0. The van der Waals surface area contributed by atoms with Crippen molar-refractivity contribution in [2.75, 3.05) is 20.1 Å². The van der Waals surface area contributed by atoms with Crippen molar-refractivity contribution in [3.63, 3.8) is 0 Å². The van der Waals surface area contributed by atoms with Gasteiger partial charge in [0.1, 0.15) is 23.2 Å². The van der Waals surface area contributed by atoms with Gasteiger partial charge in [0, 0.05) is 38.7 Å². The summed E-state index contributed by atoms with van der Waals surface area (Å²) >= 11 is 0. The fraction of sp³-hybridized carbons (Fsp3) is 0.438. The third-order valence-electron chi connectivity index (χ3n) is 9.44. The van der Waals surface area contributed by atoms with Crippen LogP contribution in [0.2, 0.25) is 0 Å². The number of carbonyl (C=O) groups is 2. The Kier molecular flexibility index (Phi) is 6.87. The lowest BCUT2D eigenvalue weighted by Gasteiger charge is -2.65. The van der Waals surface area contributed by atoms with Gasteiger partial charge in [-0.1, -0.05) is 30.3 Å². The normalized spacial score (nSPS) is 29.4. The number of carbonyl (C=O) groups excluding carboxylic acids is 2. The van der Waals surface area contributed by atoms with E-state index in [1.165, 1.54) is 42.8 Å². The van der Waals surface area contributed by atoms with Crippen LogP contribution in [0.25, 0.3) is 6.08 Å². The first-order valence-corrected chi connectivity index (χ1v) is 14.1. The molecule has 0 radical (unpaired) electrons. The van der Waals surface area contributed by atoms with Gasteiger partial charge in [-0.2, -0.15) is 0 Å². The molecule has 2 aliphatic carbocycles. The number of ether oxygens (including phenoxy) is 3. The van der Waals surface area contributed by atoms with Crippen molar-refractivity contribution < 1.29 is 37.0 Å². The van der Waals surface area contributed by atoms with Gasteiger partial charge in [0.2, 0.25) is 5.91 Å². The lowest BCUT2D eigenvalue weighted by Crippen LogP contribution is -2.79. The number of amides is 1. The standard InChI is InChI=1S/C32H33F3N2O5/c1-4-16-37-17-15-30-28-22-8-6-10-25(28)40-29(30)24(13-14-31(30,26(37)19-22)41-20(2)38)36(3)27(39)12-11-21-7-5-9-23(18-21)42-32(33,34)35/h4-12,18,24,26,29H,1,13-17,19H2,2-3H3/b12-11+/t24?,26-,29?,30+,31-/m1/s1. The Labute approximate surface area is 242 Å². The summed E-state index contributed by atoms with van der Waals surface area (Å²) in [6.45, 7) is 6.84. The van der Waals surface area contributed by atoms with E-state index in [0.29, 0.717) is 31.4 Å². The number of esters is 1. The fourth-order valence-electron chi connectivity index (χ4n) is 8.05. The molecule has 1 spiro atoms. The predicted octanol–water partition coefficient (Wildman–Crippen LogP) is 5.04. The Morgan fingerprint density at radius 3 is 2.74 bits per heavy atom. The van der Waals surface area contributed by atoms with E-state index >= 15 is 0 Å². The summed E-state index contributed by atoms with van der Waals surface area (Å²) in [4.78, 5) is 30.2. The molecule has 6 rings (SSSR count). The van der Waals surface area contributed by atoms with Crippen molar-refractivity contribution in [1.82, 2.24) is 9.80 Å². The SMILES string of the molecule is C=CCN1CC[C@]23c4c5cccc4OC2C(N(C)C(=O)/C=C/c2cccc(OC(F)(F)F)c2)CC[C@@]3(OC(C)=O)[C@H]1C5. The highest BCUT2D eigenvalue weighted by Crippen LogP contribution is 2.65. The minimum absolute atomic E-state index is 0.0619. The number of likely N-dealkylation sites (tertiary alicyclic amines) is 1. The first kappa shape index (κ1) is 28.3. The van der Waals surface area contributed by atoms with Crippen molar-refractivity contribution >= 4 is 18.0 Å². The second-order valence-electron chi connectivity index (χ2n) is 11.5. The van der Waals surface area contributed by atoms with Crippen LogP contribution in [0, 0.1) is 0 Å². The highest BCUT2D eigenvalue weighted by atomic mass is 19.4. The minimum Gasteiger partial charge on any atom is -0.487 e. The summed E-state index contributed by atoms with van der Waals surface area (Å²) in [7, 11) is 1.72. The van der Waals surface area contributed by atoms with Crippen molar-refractivity contribution in [1.29, 1.82) is 0 Å². The lowest BCUT2D eigenvalue weighted by atomic mass is 9.48. The molecular formula is C32H33F3N2O5. The molecule has 1 saturated carbocycles. The molecule has 10 heteroatoms. The maximum absolute atomic E-state index is 13.5. The second kappa shape index (κ2) is 10.2. The minimum atomic E-state index is -4.81. The zero-order chi connectivity index (χ0) is 29.9. The van der Waals surface area contributed by atoms with Crippen LogP contribution >= 0.6 is 0 Å². The third-order valence-corrected chi connectivity index (χ3v) is 9.44. The van der Waals surface area contributed by atoms with Crippen molar-refractivity contribution in [3.05, 3.63) is 77.9 Å². The molecule has 2 unspecified atom stereocenters. The second-order valence-corrected chi connectivity index (χ2v) is 11.5. The van der Waals surface area contributed by atoms with Gasteiger partial charge < -0.3 is 19.1 Å². The molecule has 0 aromatic heterocycles. The van der Waals surface area contributed by atoms with Gasteiger partial charge >= 0.3 is 12.3 Å². The van der Waals surface area contributed by atoms with Gasteiger partial charge in [-0.3, -0.25) is 14.5 Å². The average Bonchev–Trinajstić information content (AvgIpc) is 3.26. The quantitative estimate of drug-likeness (QED) is 0.259. The number of rotatable bonds is 7. The molecule has 5 atom stereocenters. The average molecular weight is 583 g/mol. The maximum Gasteiger partial charge on any atom is 0.573 e. The fourth-order valence-corrected chi connectivity index (χ4v) is 8.05. The Balaban J connectivity index is 1.33. The number of piperidine rings is 1. The van der Waals surface area contributed by atoms with Crippen LogP contribution in [0.3, 0.4) is 0 Å². The van der Waals surface area contributed by atoms with Crippen LogP contribution in [0.15, 0.2) is 61.2 Å². The van der Waals surface area contributed by atoms with Gasteiger partial charge in [-0.25, -0.2) is 0 Å². The molecule has 2 bridgehead atoms. The topological polar surface area (TPSA) is 68.3 Å². The predicted molar refractivity (Wildman–Crippen MR) is 149 cm³/mol. The van der Waals surface area contributed by atoms with Crippen molar-refractivity contribution in [2.45, 2.75) is 68.2 Å². The zero-order valence-electron chi connectivity index (χ0n) is 23.5. The first-order valence-electron chi connectivity index (χ1n) is 14.1. The van der Waals surface area contributed by atoms with Gasteiger partial charge in [0.25, 0.3) is 0 Å². The van der Waals surface area contributed by atoms with E-state index < -0.39 is 23.5 Å². The molecule has 7 nitrogen and oxygen atoms in total. The van der Waals surface area contributed by atoms with E-state index in [9.17, 15) is 22.8 Å². The lowest BCUT2D eigenvalue weighted by molar-refractivity contribution is -0.274. The van der Waals surface area contributed by atoms with Crippen LogP contribution in [0.4, 0.5) is 13.2 Å². The van der Waals surface area contributed by atoms with Crippen LogP contribution < -0.4 is 9.47 Å². The summed E-state index contributed by atoms with van der Waals surface area (Å²) in [5.41, 5.74) is 1.21.